The van der Waals surface area contributed by atoms with Crippen LogP contribution >= 0.6 is 11.6 Å². The number of terminal acetylenes is 1. The third-order valence-electron chi connectivity index (χ3n) is 2.92. The molecule has 1 aliphatic rings. The van der Waals surface area contributed by atoms with Gasteiger partial charge in [-0.1, -0.05) is 17.5 Å². The number of nitrogens with zero attached hydrogens (tertiary/aromatic N) is 2. The minimum Gasteiger partial charge on any atom is -0.386 e. The van der Waals surface area contributed by atoms with E-state index in [1.54, 1.807) is 0 Å². The number of anilines is 1. The minimum absolute atomic E-state index is 0.0675. The summed E-state index contributed by atoms with van der Waals surface area (Å²) in [6, 6.07) is 0. The molecule has 2 rings (SSSR count). The van der Waals surface area contributed by atoms with Crippen LogP contribution in [0.4, 0.5) is 5.69 Å². The van der Waals surface area contributed by atoms with Gasteiger partial charge in [0, 0.05) is 19.6 Å². The zero-order valence-corrected chi connectivity index (χ0v) is 11.0. The second kappa shape index (κ2) is 5.61. The Morgan fingerprint density at radius 2 is 2.53 bits per heavy atom. The first-order valence-electron chi connectivity index (χ1n) is 5.79. The lowest BCUT2D eigenvalue weighted by molar-refractivity contribution is 0.0382. The number of aromatic nitrogens is 2. The molecule has 1 fully saturated rings. The van der Waals surface area contributed by atoms with E-state index in [0.29, 0.717) is 13.0 Å². The largest absolute Gasteiger partial charge is 0.386 e. The summed E-state index contributed by atoms with van der Waals surface area (Å²) in [5.41, 5.74) is -1.20. The van der Waals surface area contributed by atoms with E-state index >= 15 is 0 Å². The van der Waals surface area contributed by atoms with Gasteiger partial charge in [-0.25, -0.2) is 4.68 Å². The lowest BCUT2D eigenvalue weighted by Gasteiger charge is -2.21. The van der Waals surface area contributed by atoms with Crippen molar-refractivity contribution in [3.63, 3.8) is 0 Å². The molecule has 6 nitrogen and oxygen atoms in total. The number of rotatable bonds is 4. The standard InChI is InChI=1S/C12H14ClN3O3/c1-2-4-16-11(17)10(9(13)6-15-16)14-7-12(18)3-5-19-8-12/h1,6,14,18H,3-5,7-8H2. The summed E-state index contributed by atoms with van der Waals surface area (Å²) in [5, 5.41) is 17.0. The first kappa shape index (κ1) is 13.9. The Balaban J connectivity index is 2.18. The number of nitrogens with one attached hydrogen (secondary N) is 1. The Hall–Kier alpha value is -1.55. The highest BCUT2D eigenvalue weighted by atomic mass is 35.5. The predicted octanol–water partition coefficient (Wildman–Crippen LogP) is 0.0932. The van der Waals surface area contributed by atoms with Crippen molar-refractivity contribution in [1.29, 1.82) is 0 Å². The SMILES string of the molecule is C#CCn1ncc(Cl)c(NCC2(O)CCOC2)c1=O. The fourth-order valence-electron chi connectivity index (χ4n) is 1.82. The smallest absolute Gasteiger partial charge is 0.292 e. The van der Waals surface area contributed by atoms with Gasteiger partial charge in [0.05, 0.1) is 17.8 Å². The van der Waals surface area contributed by atoms with Gasteiger partial charge in [-0.15, -0.1) is 6.42 Å². The van der Waals surface area contributed by atoms with Gasteiger partial charge in [-0.05, 0) is 0 Å². The molecule has 1 saturated heterocycles. The highest BCUT2D eigenvalue weighted by Gasteiger charge is 2.32. The molecule has 7 heteroatoms. The fourth-order valence-corrected chi connectivity index (χ4v) is 2.01. The molecular weight excluding hydrogens is 270 g/mol. The summed E-state index contributed by atoms with van der Waals surface area (Å²) in [4.78, 5) is 12.0. The Bertz CT molecular complexity index is 558. The molecule has 19 heavy (non-hydrogen) atoms. The van der Waals surface area contributed by atoms with Gasteiger partial charge in [-0.2, -0.15) is 5.10 Å². The highest BCUT2D eigenvalue weighted by Crippen LogP contribution is 2.21. The van der Waals surface area contributed by atoms with Gasteiger partial charge in [0.25, 0.3) is 5.56 Å². The van der Waals surface area contributed by atoms with Crippen molar-refractivity contribution >= 4 is 17.3 Å². The molecule has 0 aromatic carbocycles. The van der Waals surface area contributed by atoms with Gasteiger partial charge >= 0.3 is 0 Å². The van der Waals surface area contributed by atoms with Crippen molar-refractivity contribution in [1.82, 2.24) is 9.78 Å². The van der Waals surface area contributed by atoms with Crippen LogP contribution < -0.4 is 10.9 Å². The summed E-state index contributed by atoms with van der Waals surface area (Å²) < 4.78 is 6.25. The van der Waals surface area contributed by atoms with E-state index in [2.05, 4.69) is 16.3 Å². The lowest BCUT2D eigenvalue weighted by Crippen LogP contribution is -2.39. The molecule has 0 amide bonds. The van der Waals surface area contributed by atoms with Crippen LogP contribution in [0.1, 0.15) is 6.42 Å². The van der Waals surface area contributed by atoms with Crippen molar-refractivity contribution in [2.24, 2.45) is 0 Å². The van der Waals surface area contributed by atoms with E-state index in [0.717, 1.165) is 4.68 Å². The average Bonchev–Trinajstić information content (AvgIpc) is 2.80. The second-order valence-corrected chi connectivity index (χ2v) is 4.82. The summed E-state index contributed by atoms with van der Waals surface area (Å²) in [7, 11) is 0. The topological polar surface area (TPSA) is 76.4 Å². The Kier molecular flexibility index (Phi) is 4.10. The predicted molar refractivity (Wildman–Crippen MR) is 71.2 cm³/mol. The molecule has 1 atom stereocenters. The third-order valence-corrected chi connectivity index (χ3v) is 3.20. The van der Waals surface area contributed by atoms with E-state index < -0.39 is 11.2 Å². The average molecular weight is 284 g/mol. The van der Waals surface area contributed by atoms with E-state index in [4.69, 9.17) is 22.8 Å². The van der Waals surface area contributed by atoms with E-state index in [-0.39, 0.29) is 30.4 Å². The van der Waals surface area contributed by atoms with E-state index in [9.17, 15) is 9.90 Å². The third kappa shape index (κ3) is 3.07. The van der Waals surface area contributed by atoms with Crippen LogP contribution in [0.25, 0.3) is 0 Å². The Labute approximate surface area is 115 Å². The Morgan fingerprint density at radius 3 is 3.16 bits per heavy atom. The van der Waals surface area contributed by atoms with Crippen molar-refractivity contribution in [2.45, 2.75) is 18.6 Å². The molecule has 0 saturated carbocycles. The van der Waals surface area contributed by atoms with Gasteiger partial charge in [0.2, 0.25) is 0 Å². The molecular formula is C12H14ClN3O3. The number of hydrogen-bond donors (Lipinski definition) is 2. The zero-order chi connectivity index (χ0) is 13.9. The van der Waals surface area contributed by atoms with Crippen molar-refractivity contribution in [3.8, 4) is 12.3 Å². The molecule has 1 unspecified atom stereocenters. The first-order valence-corrected chi connectivity index (χ1v) is 6.17. The molecule has 1 aromatic heterocycles. The summed E-state index contributed by atoms with van der Waals surface area (Å²) in [6.45, 7) is 0.991. The monoisotopic (exact) mass is 283 g/mol. The Morgan fingerprint density at radius 1 is 1.74 bits per heavy atom. The van der Waals surface area contributed by atoms with Gasteiger partial charge in [0.1, 0.15) is 17.8 Å². The zero-order valence-electron chi connectivity index (χ0n) is 10.2. The summed E-state index contributed by atoms with van der Waals surface area (Å²) in [6.07, 6.45) is 7.01. The van der Waals surface area contributed by atoms with E-state index in [1.807, 2.05) is 0 Å². The lowest BCUT2D eigenvalue weighted by atomic mass is 10.0. The van der Waals surface area contributed by atoms with Crippen molar-refractivity contribution in [2.75, 3.05) is 25.1 Å². The first-order chi connectivity index (χ1) is 9.06. The molecule has 1 aromatic rings. The molecule has 0 radical (unpaired) electrons. The summed E-state index contributed by atoms with van der Waals surface area (Å²) in [5.74, 6) is 2.34. The number of ether oxygens (including phenoxy) is 1. The molecule has 1 aliphatic heterocycles. The fraction of sp³-hybridized carbons (Fsp3) is 0.500. The normalized spacial score (nSPS) is 22.2. The van der Waals surface area contributed by atoms with Gasteiger partial charge in [0.15, 0.2) is 0 Å². The van der Waals surface area contributed by atoms with Crippen LogP contribution in [0.15, 0.2) is 11.0 Å². The van der Waals surface area contributed by atoms with E-state index in [1.165, 1.54) is 6.20 Å². The van der Waals surface area contributed by atoms with Crippen LogP contribution in [0.2, 0.25) is 5.02 Å². The molecule has 2 heterocycles. The van der Waals surface area contributed by atoms with Crippen molar-refractivity contribution < 1.29 is 9.84 Å². The van der Waals surface area contributed by atoms with Crippen LogP contribution in [0.3, 0.4) is 0 Å². The molecule has 0 aliphatic carbocycles. The molecule has 0 spiro atoms. The molecule has 2 N–H and O–H groups in total. The molecule has 102 valence electrons. The quantitative estimate of drug-likeness (QED) is 0.766. The number of aliphatic hydroxyl groups is 1. The van der Waals surface area contributed by atoms with Crippen molar-refractivity contribution in [3.05, 3.63) is 21.6 Å². The molecule has 0 bridgehead atoms. The minimum atomic E-state index is -0.976. The van der Waals surface area contributed by atoms with Gasteiger partial charge in [-0.3, -0.25) is 4.79 Å². The van der Waals surface area contributed by atoms with Crippen LogP contribution in [0, 0.1) is 12.3 Å². The highest BCUT2D eigenvalue weighted by molar-refractivity contribution is 6.33. The van der Waals surface area contributed by atoms with Crippen LogP contribution in [-0.2, 0) is 11.3 Å². The van der Waals surface area contributed by atoms with Gasteiger partial charge < -0.3 is 15.2 Å². The number of hydrogen-bond acceptors (Lipinski definition) is 5. The van der Waals surface area contributed by atoms with Crippen LogP contribution in [0.5, 0.6) is 0 Å². The summed E-state index contributed by atoms with van der Waals surface area (Å²) >= 11 is 5.93. The second-order valence-electron chi connectivity index (χ2n) is 4.41. The van der Waals surface area contributed by atoms with Crippen LogP contribution in [-0.4, -0.2) is 40.2 Å². The maximum Gasteiger partial charge on any atom is 0.292 e. The maximum atomic E-state index is 12.0. The maximum absolute atomic E-state index is 12.0. The number of halogens is 1.